The summed E-state index contributed by atoms with van der Waals surface area (Å²) in [5, 5.41) is 10.9. The molecule has 0 aromatic heterocycles. The van der Waals surface area contributed by atoms with E-state index in [0.29, 0.717) is 12.8 Å². The van der Waals surface area contributed by atoms with E-state index in [0.717, 1.165) is 51.4 Å². The van der Waals surface area contributed by atoms with Crippen LogP contribution in [0.2, 0.25) is 0 Å². The first-order valence-electron chi connectivity index (χ1n) is 13.7. The van der Waals surface area contributed by atoms with E-state index in [1.807, 2.05) is 0 Å². The second kappa shape index (κ2) is 23.6. The minimum atomic E-state index is -1.03. The second-order valence-electron chi connectivity index (χ2n) is 9.31. The molecule has 0 saturated carbocycles. The zero-order chi connectivity index (χ0) is 24.6. The first kappa shape index (κ1) is 31.4. The molecule has 0 rings (SSSR count). The van der Waals surface area contributed by atoms with Gasteiger partial charge in [0.2, 0.25) is 5.91 Å². The molecule has 0 spiro atoms. The molecule has 1 unspecified atom stereocenters. The van der Waals surface area contributed by atoms with Crippen molar-refractivity contribution in [3.05, 3.63) is 0 Å². The molecule has 0 aliphatic rings. The lowest BCUT2D eigenvalue weighted by molar-refractivity contribution is -0.150. The summed E-state index contributed by atoms with van der Waals surface area (Å²) in [6.07, 6.45) is 21.4. The molecule has 0 bridgehead atoms. The van der Waals surface area contributed by atoms with E-state index in [4.69, 9.17) is 9.84 Å². The maximum atomic E-state index is 12.2. The minimum absolute atomic E-state index is 0.0272. The molecule has 0 radical (unpaired) electrons. The van der Waals surface area contributed by atoms with Gasteiger partial charge in [-0.15, -0.1) is 0 Å². The third-order valence-corrected chi connectivity index (χ3v) is 6.01. The molecular weight excluding hydrogens is 418 g/mol. The Labute approximate surface area is 202 Å². The fraction of sp³-hybridized carbons (Fsp3) is 0.889. The van der Waals surface area contributed by atoms with Crippen molar-refractivity contribution < 1.29 is 24.2 Å². The monoisotopic (exact) mass is 469 g/mol. The van der Waals surface area contributed by atoms with Crippen LogP contribution in [0.5, 0.6) is 0 Å². The van der Waals surface area contributed by atoms with Gasteiger partial charge in [-0.3, -0.25) is 14.4 Å². The SMILES string of the molecule is CCCCCCCCCCCCCCC(=O)OC(CCC)CCCCCC(=O)NCC(=O)O. The van der Waals surface area contributed by atoms with Crippen molar-refractivity contribution in [2.24, 2.45) is 0 Å². The molecule has 1 atom stereocenters. The highest BCUT2D eigenvalue weighted by atomic mass is 16.5. The molecule has 0 aliphatic carbocycles. The third kappa shape index (κ3) is 23.4. The number of carboxylic acid groups (broad SMARTS) is 1. The first-order chi connectivity index (χ1) is 16.0. The molecular formula is C27H51NO5. The van der Waals surface area contributed by atoms with Gasteiger partial charge in [0.25, 0.3) is 0 Å². The van der Waals surface area contributed by atoms with E-state index >= 15 is 0 Å². The summed E-state index contributed by atoms with van der Waals surface area (Å²) in [6.45, 7) is 4.02. The van der Waals surface area contributed by atoms with Crippen molar-refractivity contribution in [2.45, 2.75) is 148 Å². The number of carboxylic acids is 1. The van der Waals surface area contributed by atoms with Crippen LogP contribution in [-0.4, -0.2) is 35.6 Å². The van der Waals surface area contributed by atoms with Crippen molar-refractivity contribution in [3.8, 4) is 0 Å². The lowest BCUT2D eigenvalue weighted by Crippen LogP contribution is -2.28. The van der Waals surface area contributed by atoms with Crippen LogP contribution in [0.4, 0.5) is 0 Å². The summed E-state index contributed by atoms with van der Waals surface area (Å²) < 4.78 is 5.70. The van der Waals surface area contributed by atoms with Gasteiger partial charge in [-0.1, -0.05) is 97.3 Å². The highest BCUT2D eigenvalue weighted by Gasteiger charge is 2.13. The minimum Gasteiger partial charge on any atom is -0.480 e. The average molecular weight is 470 g/mol. The van der Waals surface area contributed by atoms with E-state index in [2.05, 4.69) is 19.2 Å². The Morgan fingerprint density at radius 2 is 1.18 bits per heavy atom. The van der Waals surface area contributed by atoms with Crippen LogP contribution in [0.15, 0.2) is 0 Å². The quantitative estimate of drug-likeness (QED) is 0.118. The topological polar surface area (TPSA) is 92.7 Å². The Morgan fingerprint density at radius 1 is 0.667 bits per heavy atom. The summed E-state index contributed by atoms with van der Waals surface area (Å²) in [5.41, 5.74) is 0. The van der Waals surface area contributed by atoms with Crippen LogP contribution in [0.3, 0.4) is 0 Å². The van der Waals surface area contributed by atoms with Crippen molar-refractivity contribution >= 4 is 17.8 Å². The fourth-order valence-corrected chi connectivity index (χ4v) is 4.04. The molecule has 194 valence electrons. The van der Waals surface area contributed by atoms with Crippen LogP contribution in [0.1, 0.15) is 142 Å². The lowest BCUT2D eigenvalue weighted by Gasteiger charge is -2.17. The van der Waals surface area contributed by atoms with Gasteiger partial charge in [0, 0.05) is 12.8 Å². The van der Waals surface area contributed by atoms with Gasteiger partial charge in [-0.25, -0.2) is 0 Å². The second-order valence-corrected chi connectivity index (χ2v) is 9.31. The summed E-state index contributed by atoms with van der Waals surface area (Å²) in [6, 6.07) is 0. The third-order valence-electron chi connectivity index (χ3n) is 6.01. The molecule has 6 heteroatoms. The summed E-state index contributed by atoms with van der Waals surface area (Å²) in [4.78, 5) is 34.1. The van der Waals surface area contributed by atoms with Crippen molar-refractivity contribution in [1.82, 2.24) is 5.32 Å². The number of amides is 1. The van der Waals surface area contributed by atoms with Gasteiger partial charge in [0.05, 0.1) is 0 Å². The Hall–Kier alpha value is -1.59. The summed E-state index contributed by atoms with van der Waals surface area (Å²) in [7, 11) is 0. The van der Waals surface area contributed by atoms with Crippen molar-refractivity contribution in [2.75, 3.05) is 6.54 Å². The summed E-state index contributed by atoms with van der Waals surface area (Å²) >= 11 is 0. The van der Waals surface area contributed by atoms with E-state index in [1.165, 1.54) is 64.2 Å². The molecule has 0 fully saturated rings. The zero-order valence-corrected chi connectivity index (χ0v) is 21.5. The molecule has 0 saturated heterocycles. The normalized spacial score (nSPS) is 11.8. The largest absolute Gasteiger partial charge is 0.480 e. The van der Waals surface area contributed by atoms with Gasteiger partial charge in [0.1, 0.15) is 12.6 Å². The van der Waals surface area contributed by atoms with Crippen molar-refractivity contribution in [1.29, 1.82) is 0 Å². The molecule has 2 N–H and O–H groups in total. The number of nitrogens with one attached hydrogen (secondary N) is 1. The number of aliphatic carboxylic acids is 1. The Bertz CT molecular complexity index is 495. The number of rotatable bonds is 24. The molecule has 6 nitrogen and oxygen atoms in total. The van der Waals surface area contributed by atoms with E-state index in [9.17, 15) is 14.4 Å². The van der Waals surface area contributed by atoms with Gasteiger partial charge >= 0.3 is 11.9 Å². The number of carbonyl (C=O) groups is 3. The fourth-order valence-electron chi connectivity index (χ4n) is 4.04. The Kier molecular flexibility index (Phi) is 22.4. The molecule has 0 heterocycles. The highest BCUT2D eigenvalue weighted by molar-refractivity contribution is 5.80. The van der Waals surface area contributed by atoms with Crippen LogP contribution in [0.25, 0.3) is 0 Å². The van der Waals surface area contributed by atoms with Crippen LogP contribution in [-0.2, 0) is 19.1 Å². The predicted octanol–water partition coefficient (Wildman–Crippen LogP) is 6.94. The Balaban J connectivity index is 3.68. The van der Waals surface area contributed by atoms with E-state index < -0.39 is 5.97 Å². The maximum Gasteiger partial charge on any atom is 0.322 e. The predicted molar refractivity (Wildman–Crippen MR) is 134 cm³/mol. The molecule has 0 aromatic carbocycles. The first-order valence-corrected chi connectivity index (χ1v) is 13.7. The Morgan fingerprint density at radius 3 is 1.73 bits per heavy atom. The number of esters is 1. The van der Waals surface area contributed by atoms with E-state index in [-0.39, 0.29) is 24.5 Å². The zero-order valence-electron chi connectivity index (χ0n) is 21.5. The summed E-state index contributed by atoms with van der Waals surface area (Å²) in [5.74, 6) is -1.33. The van der Waals surface area contributed by atoms with Gasteiger partial charge in [-0.05, 0) is 32.1 Å². The standard InChI is InChI=1S/C27H51NO5/c1-3-5-6-7-8-9-10-11-12-13-14-18-22-27(32)33-24(19-4-2)20-16-15-17-21-25(29)28-23-26(30)31/h24H,3-23H2,1-2H3,(H,28,29)(H,30,31). The van der Waals surface area contributed by atoms with Crippen LogP contribution < -0.4 is 5.32 Å². The van der Waals surface area contributed by atoms with Gasteiger partial charge < -0.3 is 15.2 Å². The smallest absolute Gasteiger partial charge is 0.322 e. The molecule has 0 aliphatic heterocycles. The molecule has 0 aromatic rings. The van der Waals surface area contributed by atoms with Crippen molar-refractivity contribution in [3.63, 3.8) is 0 Å². The average Bonchev–Trinajstić information content (AvgIpc) is 2.78. The van der Waals surface area contributed by atoms with Gasteiger partial charge in [-0.2, -0.15) is 0 Å². The molecule has 1 amide bonds. The van der Waals surface area contributed by atoms with Crippen LogP contribution >= 0.6 is 0 Å². The highest BCUT2D eigenvalue weighted by Crippen LogP contribution is 2.16. The lowest BCUT2D eigenvalue weighted by atomic mass is 10.0. The number of carbonyl (C=O) groups excluding carboxylic acids is 2. The number of hydrogen-bond acceptors (Lipinski definition) is 4. The van der Waals surface area contributed by atoms with Gasteiger partial charge in [0.15, 0.2) is 0 Å². The number of hydrogen-bond donors (Lipinski definition) is 2. The maximum absolute atomic E-state index is 12.2. The molecule has 33 heavy (non-hydrogen) atoms. The van der Waals surface area contributed by atoms with Crippen LogP contribution in [0, 0.1) is 0 Å². The number of ether oxygens (including phenoxy) is 1. The van der Waals surface area contributed by atoms with E-state index in [1.54, 1.807) is 0 Å². The number of unbranched alkanes of at least 4 members (excludes halogenated alkanes) is 13.